The van der Waals surface area contributed by atoms with Gasteiger partial charge in [-0.15, -0.1) is 0 Å². The lowest BCUT2D eigenvalue weighted by Crippen LogP contribution is -2.41. The molecule has 0 radical (unpaired) electrons. The van der Waals surface area contributed by atoms with E-state index in [-0.39, 0.29) is 11.8 Å². The Morgan fingerprint density at radius 3 is 2.66 bits per heavy atom. The summed E-state index contributed by atoms with van der Waals surface area (Å²) in [5, 5.41) is 2.98. The Morgan fingerprint density at radius 1 is 1.00 bits per heavy atom. The van der Waals surface area contributed by atoms with Crippen molar-refractivity contribution in [2.75, 3.05) is 11.9 Å². The van der Waals surface area contributed by atoms with Gasteiger partial charge in [-0.2, -0.15) is 0 Å². The van der Waals surface area contributed by atoms with Crippen molar-refractivity contribution in [3.63, 3.8) is 0 Å². The summed E-state index contributed by atoms with van der Waals surface area (Å²) >= 11 is 0. The summed E-state index contributed by atoms with van der Waals surface area (Å²) in [6, 6.07) is 18.5. The molecule has 0 bridgehead atoms. The number of amidine groups is 1. The van der Waals surface area contributed by atoms with Crippen LogP contribution in [0.3, 0.4) is 0 Å². The van der Waals surface area contributed by atoms with Gasteiger partial charge in [-0.1, -0.05) is 73.5 Å². The van der Waals surface area contributed by atoms with Crippen molar-refractivity contribution in [1.29, 1.82) is 0 Å². The molecule has 4 aliphatic rings. The monoisotopic (exact) mass is 502 g/mol. The highest BCUT2D eigenvalue weighted by atomic mass is 16.2. The fourth-order valence-electron chi connectivity index (χ4n) is 6.83. The minimum Gasteiger partial charge on any atom is -0.310 e. The van der Waals surface area contributed by atoms with E-state index in [1.165, 1.54) is 11.1 Å². The number of carbonyl (C=O) groups is 2. The predicted molar refractivity (Wildman–Crippen MR) is 148 cm³/mol. The van der Waals surface area contributed by atoms with Gasteiger partial charge in [-0.05, 0) is 60.9 Å². The van der Waals surface area contributed by atoms with Crippen molar-refractivity contribution in [1.82, 2.24) is 9.88 Å². The molecule has 0 unspecified atom stereocenters. The zero-order valence-electron chi connectivity index (χ0n) is 21.5. The Balaban J connectivity index is 1.14. The third-order valence-electron chi connectivity index (χ3n) is 8.84. The standard InChI is InChI=1S/C32H30N4O2/c1-21-8-2-3-10-25(21)28-35-32(14-4-5-15-32)30(38)36(28)17-7-9-22-12-13-23-19-31(20-24(23)18-22)26-11-6-16-33-27(26)34-29(31)37/h2-3,6-13,16,18H,4-5,14-15,17,19-20H2,1H3,(H,33,34,37)/b9-7+/t31-/m1/s1. The molecule has 2 aromatic carbocycles. The van der Waals surface area contributed by atoms with Crippen LogP contribution in [0.15, 0.2) is 71.9 Å². The Kier molecular flexibility index (Phi) is 5.15. The van der Waals surface area contributed by atoms with Crippen LogP contribution in [0.25, 0.3) is 6.08 Å². The number of hydrogen-bond acceptors (Lipinski definition) is 4. The van der Waals surface area contributed by atoms with E-state index in [1.54, 1.807) is 6.20 Å². The molecule has 0 saturated heterocycles. The molecule has 3 aromatic rings. The van der Waals surface area contributed by atoms with E-state index in [0.717, 1.165) is 53.8 Å². The molecule has 1 atom stereocenters. The van der Waals surface area contributed by atoms with Gasteiger partial charge in [-0.3, -0.25) is 19.5 Å². The number of aliphatic imine (C=N–C) groups is 1. The molecular weight excluding hydrogens is 472 g/mol. The van der Waals surface area contributed by atoms with E-state index >= 15 is 0 Å². The number of benzene rings is 2. The maximum Gasteiger partial charge on any atom is 0.256 e. The third kappa shape index (κ3) is 3.39. The molecule has 7 rings (SSSR count). The number of anilines is 1. The molecule has 38 heavy (non-hydrogen) atoms. The van der Waals surface area contributed by atoms with Crippen molar-refractivity contribution in [2.45, 2.75) is 56.4 Å². The SMILES string of the molecule is Cc1ccccc1C1=NC2(CCCC2)C(=O)N1C/C=C/c1ccc2c(c1)C[C@@]1(C2)C(=O)Nc2ncccc21. The van der Waals surface area contributed by atoms with Crippen LogP contribution in [0.1, 0.15) is 59.1 Å². The molecule has 2 amide bonds. The molecule has 1 fully saturated rings. The fraction of sp³-hybridized carbons (Fsp3) is 0.312. The number of aromatic nitrogens is 1. The van der Waals surface area contributed by atoms with Crippen LogP contribution < -0.4 is 5.32 Å². The van der Waals surface area contributed by atoms with Gasteiger partial charge >= 0.3 is 0 Å². The Labute approximate surface area is 222 Å². The summed E-state index contributed by atoms with van der Waals surface area (Å²) < 4.78 is 0. The van der Waals surface area contributed by atoms with Gasteiger partial charge in [0.05, 0.1) is 5.41 Å². The van der Waals surface area contributed by atoms with E-state index in [2.05, 4.69) is 59.7 Å². The molecule has 2 aliphatic heterocycles. The van der Waals surface area contributed by atoms with E-state index in [0.29, 0.717) is 25.2 Å². The lowest BCUT2D eigenvalue weighted by atomic mass is 9.79. The van der Waals surface area contributed by atoms with E-state index < -0.39 is 11.0 Å². The van der Waals surface area contributed by atoms with Gasteiger partial charge in [0.25, 0.3) is 5.91 Å². The number of nitrogens with zero attached hydrogens (tertiary/aromatic N) is 3. The number of nitrogens with one attached hydrogen (secondary N) is 1. The number of pyridine rings is 1. The maximum absolute atomic E-state index is 13.6. The number of amides is 2. The molecule has 1 aromatic heterocycles. The Hall–Kier alpha value is -4.06. The van der Waals surface area contributed by atoms with Crippen molar-refractivity contribution < 1.29 is 9.59 Å². The predicted octanol–water partition coefficient (Wildman–Crippen LogP) is 4.99. The molecule has 3 heterocycles. The summed E-state index contributed by atoms with van der Waals surface area (Å²) in [6.07, 6.45) is 11.0. The van der Waals surface area contributed by atoms with Crippen LogP contribution in [-0.2, 0) is 27.8 Å². The topological polar surface area (TPSA) is 74.7 Å². The highest BCUT2D eigenvalue weighted by Gasteiger charge is 2.51. The summed E-state index contributed by atoms with van der Waals surface area (Å²) in [5.74, 6) is 1.66. The van der Waals surface area contributed by atoms with Gasteiger partial charge in [0.15, 0.2) is 0 Å². The molecule has 1 N–H and O–H groups in total. The van der Waals surface area contributed by atoms with Crippen LogP contribution in [0.5, 0.6) is 0 Å². The zero-order valence-corrected chi connectivity index (χ0v) is 21.5. The van der Waals surface area contributed by atoms with Crippen LogP contribution in [-0.4, -0.2) is 39.6 Å². The zero-order chi connectivity index (χ0) is 25.9. The second-order valence-corrected chi connectivity index (χ2v) is 11.1. The van der Waals surface area contributed by atoms with Crippen LogP contribution >= 0.6 is 0 Å². The highest BCUT2D eigenvalue weighted by molar-refractivity contribution is 6.16. The average molecular weight is 503 g/mol. The number of hydrogen-bond donors (Lipinski definition) is 1. The molecule has 2 spiro atoms. The minimum atomic E-state index is -0.583. The molecule has 6 heteroatoms. The second-order valence-electron chi connectivity index (χ2n) is 11.1. The number of aryl methyl sites for hydroxylation is 1. The van der Waals surface area contributed by atoms with E-state index in [4.69, 9.17) is 4.99 Å². The summed E-state index contributed by atoms with van der Waals surface area (Å²) in [4.78, 5) is 38.0. The Morgan fingerprint density at radius 2 is 1.82 bits per heavy atom. The molecular formula is C32H30N4O2. The van der Waals surface area contributed by atoms with Gasteiger partial charge in [0.2, 0.25) is 5.91 Å². The first-order chi connectivity index (χ1) is 18.5. The summed E-state index contributed by atoms with van der Waals surface area (Å²) in [7, 11) is 0. The van der Waals surface area contributed by atoms with Gasteiger partial charge in [0.1, 0.15) is 17.2 Å². The maximum atomic E-state index is 13.6. The molecule has 1 saturated carbocycles. The summed E-state index contributed by atoms with van der Waals surface area (Å²) in [6.45, 7) is 2.56. The second kappa shape index (κ2) is 8.48. The first-order valence-electron chi connectivity index (χ1n) is 13.5. The van der Waals surface area contributed by atoms with E-state index in [1.807, 2.05) is 29.2 Å². The van der Waals surface area contributed by atoms with Crippen molar-refractivity contribution in [3.05, 3.63) is 100 Å². The lowest BCUT2D eigenvalue weighted by molar-refractivity contribution is -0.130. The molecule has 6 nitrogen and oxygen atoms in total. The molecule has 190 valence electrons. The number of rotatable bonds is 4. The first kappa shape index (κ1) is 23.1. The Bertz CT molecular complexity index is 1550. The third-order valence-corrected chi connectivity index (χ3v) is 8.84. The van der Waals surface area contributed by atoms with Crippen molar-refractivity contribution >= 4 is 29.5 Å². The first-order valence-corrected chi connectivity index (χ1v) is 13.5. The number of fused-ring (bicyclic) bond motifs is 3. The van der Waals surface area contributed by atoms with Crippen molar-refractivity contribution in [2.24, 2.45) is 4.99 Å². The number of carbonyl (C=O) groups excluding carboxylic acids is 2. The van der Waals surface area contributed by atoms with Gasteiger partial charge in [0, 0.05) is 23.9 Å². The quantitative estimate of drug-likeness (QED) is 0.546. The average Bonchev–Trinajstić information content (AvgIpc) is 3.67. The lowest BCUT2D eigenvalue weighted by Gasteiger charge is -2.21. The van der Waals surface area contributed by atoms with Crippen LogP contribution in [0.2, 0.25) is 0 Å². The van der Waals surface area contributed by atoms with Gasteiger partial charge < -0.3 is 5.32 Å². The summed E-state index contributed by atoms with van der Waals surface area (Å²) in [5.41, 5.74) is 5.49. The smallest absolute Gasteiger partial charge is 0.256 e. The fourth-order valence-corrected chi connectivity index (χ4v) is 6.83. The van der Waals surface area contributed by atoms with Crippen molar-refractivity contribution in [3.8, 4) is 0 Å². The minimum absolute atomic E-state index is 0.0379. The highest BCUT2D eigenvalue weighted by Crippen LogP contribution is 2.46. The largest absolute Gasteiger partial charge is 0.310 e. The van der Waals surface area contributed by atoms with Gasteiger partial charge in [-0.25, -0.2) is 4.98 Å². The van der Waals surface area contributed by atoms with Crippen LogP contribution in [0.4, 0.5) is 5.82 Å². The van der Waals surface area contributed by atoms with E-state index in [9.17, 15) is 9.59 Å². The van der Waals surface area contributed by atoms with Crippen LogP contribution in [0, 0.1) is 6.92 Å². The normalized spacial score (nSPS) is 23.0. The molecule has 2 aliphatic carbocycles.